The first kappa shape index (κ1) is 13.8. The molecule has 2 aromatic rings. The molecule has 0 saturated carbocycles. The number of rotatable bonds is 4. The molecule has 0 spiro atoms. The summed E-state index contributed by atoms with van der Waals surface area (Å²) in [6, 6.07) is 8.15. The van der Waals surface area contributed by atoms with Gasteiger partial charge in [0.1, 0.15) is 0 Å². The summed E-state index contributed by atoms with van der Waals surface area (Å²) in [5.41, 5.74) is -0.399. The van der Waals surface area contributed by atoms with E-state index in [4.69, 9.17) is 4.74 Å². The predicted octanol–water partition coefficient (Wildman–Crippen LogP) is 3.17. The first-order valence-electron chi connectivity index (χ1n) is 6.74. The highest BCUT2D eigenvalue weighted by molar-refractivity contribution is 7.10. The topological polar surface area (TPSA) is 38.3 Å². The molecule has 3 nitrogen and oxygen atoms in total. The van der Waals surface area contributed by atoms with Crippen molar-refractivity contribution in [1.82, 2.24) is 5.32 Å². The van der Waals surface area contributed by atoms with Crippen LogP contribution in [0.5, 0.6) is 0 Å². The van der Waals surface area contributed by atoms with Gasteiger partial charge >= 0.3 is 0 Å². The first-order chi connectivity index (χ1) is 9.81. The molecule has 0 aromatic carbocycles. The zero-order chi connectivity index (χ0) is 13.8. The van der Waals surface area contributed by atoms with E-state index in [1.165, 1.54) is 4.88 Å². The molecule has 20 heavy (non-hydrogen) atoms. The SMILES string of the molecule is O=C(NCc1cccs1)C1(c2cccs2)CCOCC1. The molecule has 106 valence electrons. The highest BCUT2D eigenvalue weighted by atomic mass is 32.1. The number of carbonyl (C=O) groups excluding carboxylic acids is 1. The Morgan fingerprint density at radius 3 is 2.60 bits per heavy atom. The van der Waals surface area contributed by atoms with Gasteiger partial charge < -0.3 is 10.1 Å². The maximum Gasteiger partial charge on any atom is 0.231 e. The molecule has 0 radical (unpaired) electrons. The lowest BCUT2D eigenvalue weighted by atomic mass is 9.78. The summed E-state index contributed by atoms with van der Waals surface area (Å²) >= 11 is 3.34. The Hall–Kier alpha value is -1.17. The molecule has 0 atom stereocenters. The van der Waals surface area contributed by atoms with Gasteiger partial charge in [-0.1, -0.05) is 12.1 Å². The van der Waals surface area contributed by atoms with Gasteiger partial charge in [-0.25, -0.2) is 0 Å². The predicted molar refractivity (Wildman–Crippen MR) is 82.2 cm³/mol. The molecule has 0 bridgehead atoms. The fourth-order valence-electron chi connectivity index (χ4n) is 2.61. The molecule has 3 rings (SSSR count). The minimum atomic E-state index is -0.399. The molecule has 1 fully saturated rings. The van der Waals surface area contributed by atoms with Gasteiger partial charge in [-0.3, -0.25) is 4.79 Å². The van der Waals surface area contributed by atoms with Crippen molar-refractivity contribution in [3.8, 4) is 0 Å². The third kappa shape index (κ3) is 2.66. The zero-order valence-electron chi connectivity index (χ0n) is 11.1. The Balaban J connectivity index is 1.77. The lowest BCUT2D eigenvalue weighted by Gasteiger charge is -2.35. The largest absolute Gasteiger partial charge is 0.381 e. The summed E-state index contributed by atoms with van der Waals surface area (Å²) in [7, 11) is 0. The molecule has 1 amide bonds. The van der Waals surface area contributed by atoms with Gasteiger partial charge in [-0.05, 0) is 35.7 Å². The van der Waals surface area contributed by atoms with Crippen LogP contribution in [-0.4, -0.2) is 19.1 Å². The number of ether oxygens (including phenoxy) is 1. The Morgan fingerprint density at radius 2 is 1.95 bits per heavy atom. The molecule has 0 aliphatic carbocycles. The molecule has 1 aliphatic rings. The quantitative estimate of drug-likeness (QED) is 0.942. The van der Waals surface area contributed by atoms with E-state index in [0.29, 0.717) is 19.8 Å². The van der Waals surface area contributed by atoms with Crippen LogP contribution in [0, 0.1) is 0 Å². The molecule has 2 aromatic heterocycles. The summed E-state index contributed by atoms with van der Waals surface area (Å²) in [5.74, 6) is 0.136. The van der Waals surface area contributed by atoms with E-state index in [0.717, 1.165) is 17.7 Å². The van der Waals surface area contributed by atoms with Crippen LogP contribution >= 0.6 is 22.7 Å². The second-order valence-corrected chi connectivity index (χ2v) is 6.91. The van der Waals surface area contributed by atoms with Crippen LogP contribution in [0.15, 0.2) is 35.0 Å². The van der Waals surface area contributed by atoms with Crippen LogP contribution in [0.2, 0.25) is 0 Å². The number of nitrogens with one attached hydrogen (secondary N) is 1. The summed E-state index contributed by atoms with van der Waals surface area (Å²) < 4.78 is 5.45. The number of carbonyl (C=O) groups is 1. The first-order valence-corrected chi connectivity index (χ1v) is 8.50. The maximum atomic E-state index is 12.8. The minimum Gasteiger partial charge on any atom is -0.381 e. The van der Waals surface area contributed by atoms with Crippen LogP contribution in [-0.2, 0) is 21.5 Å². The van der Waals surface area contributed by atoms with Crippen molar-refractivity contribution >= 4 is 28.6 Å². The molecule has 1 N–H and O–H groups in total. The number of hydrogen-bond donors (Lipinski definition) is 1. The second-order valence-electron chi connectivity index (χ2n) is 4.93. The van der Waals surface area contributed by atoms with Gasteiger partial charge in [0.05, 0.1) is 12.0 Å². The molecule has 5 heteroatoms. The highest BCUT2D eigenvalue weighted by Gasteiger charge is 2.42. The van der Waals surface area contributed by atoms with Crippen molar-refractivity contribution in [2.24, 2.45) is 0 Å². The van der Waals surface area contributed by atoms with Crippen LogP contribution in [0.25, 0.3) is 0 Å². The third-order valence-corrected chi connectivity index (χ3v) is 5.73. The van der Waals surface area contributed by atoms with Gasteiger partial charge in [0.25, 0.3) is 0 Å². The van der Waals surface area contributed by atoms with Crippen molar-refractivity contribution < 1.29 is 9.53 Å². The average Bonchev–Trinajstić information content (AvgIpc) is 3.18. The monoisotopic (exact) mass is 307 g/mol. The third-order valence-electron chi connectivity index (χ3n) is 3.78. The smallest absolute Gasteiger partial charge is 0.231 e. The lowest BCUT2D eigenvalue weighted by molar-refractivity contribution is -0.130. The molecule has 0 unspecified atom stereocenters. The van der Waals surface area contributed by atoms with E-state index < -0.39 is 5.41 Å². The summed E-state index contributed by atoms with van der Waals surface area (Å²) in [4.78, 5) is 15.1. The standard InChI is InChI=1S/C15H17NO2S2/c17-14(16-11-12-3-1-9-19-12)15(5-7-18-8-6-15)13-4-2-10-20-13/h1-4,9-10H,5-8,11H2,(H,16,17). The highest BCUT2D eigenvalue weighted by Crippen LogP contribution is 2.37. The average molecular weight is 307 g/mol. The Morgan fingerprint density at radius 1 is 1.20 bits per heavy atom. The van der Waals surface area contributed by atoms with Gasteiger partial charge in [0.2, 0.25) is 5.91 Å². The fourth-order valence-corrected chi connectivity index (χ4v) is 4.23. The number of thiophene rings is 2. The van der Waals surface area contributed by atoms with Gasteiger partial charge in [0.15, 0.2) is 0 Å². The van der Waals surface area contributed by atoms with E-state index in [9.17, 15) is 4.79 Å². The summed E-state index contributed by atoms with van der Waals surface area (Å²) in [6.07, 6.45) is 1.54. The Kier molecular flexibility index (Phi) is 4.19. The number of hydrogen-bond acceptors (Lipinski definition) is 4. The lowest BCUT2D eigenvalue weighted by Crippen LogP contribution is -2.47. The Bertz CT molecular complexity index is 542. The van der Waals surface area contributed by atoms with Crippen LogP contribution in [0.4, 0.5) is 0 Å². The van der Waals surface area contributed by atoms with E-state index in [1.54, 1.807) is 22.7 Å². The van der Waals surface area contributed by atoms with Gasteiger partial charge in [-0.15, -0.1) is 22.7 Å². The van der Waals surface area contributed by atoms with E-state index in [-0.39, 0.29) is 5.91 Å². The van der Waals surface area contributed by atoms with Crippen molar-refractivity contribution in [3.05, 3.63) is 44.8 Å². The fraction of sp³-hybridized carbons (Fsp3) is 0.400. The number of amides is 1. The maximum absolute atomic E-state index is 12.8. The van der Waals surface area contributed by atoms with Crippen molar-refractivity contribution in [1.29, 1.82) is 0 Å². The Labute approximate surface area is 126 Å². The second kappa shape index (κ2) is 6.08. The van der Waals surface area contributed by atoms with Crippen LogP contribution in [0.1, 0.15) is 22.6 Å². The van der Waals surface area contributed by atoms with Gasteiger partial charge in [0, 0.05) is 23.0 Å². The molecular weight excluding hydrogens is 290 g/mol. The minimum absolute atomic E-state index is 0.136. The van der Waals surface area contributed by atoms with Crippen LogP contribution < -0.4 is 5.32 Å². The normalized spacial score (nSPS) is 17.8. The molecule has 3 heterocycles. The van der Waals surface area contributed by atoms with Crippen LogP contribution in [0.3, 0.4) is 0 Å². The molecule has 1 saturated heterocycles. The molecule has 1 aliphatic heterocycles. The van der Waals surface area contributed by atoms with E-state index >= 15 is 0 Å². The summed E-state index contributed by atoms with van der Waals surface area (Å²) in [5, 5.41) is 7.18. The zero-order valence-corrected chi connectivity index (χ0v) is 12.8. The van der Waals surface area contributed by atoms with Crippen molar-refractivity contribution in [2.45, 2.75) is 24.8 Å². The van der Waals surface area contributed by atoms with E-state index in [1.807, 2.05) is 29.0 Å². The van der Waals surface area contributed by atoms with Crippen molar-refractivity contribution in [2.75, 3.05) is 13.2 Å². The van der Waals surface area contributed by atoms with Gasteiger partial charge in [-0.2, -0.15) is 0 Å². The van der Waals surface area contributed by atoms with Crippen molar-refractivity contribution in [3.63, 3.8) is 0 Å². The molecular formula is C15H17NO2S2. The summed E-state index contributed by atoms with van der Waals surface area (Å²) in [6.45, 7) is 1.93. The van der Waals surface area contributed by atoms with E-state index in [2.05, 4.69) is 11.4 Å².